The first-order chi connectivity index (χ1) is 7.15. The van der Waals surface area contributed by atoms with Gasteiger partial charge in [-0.3, -0.25) is 0 Å². The van der Waals surface area contributed by atoms with Gasteiger partial charge in [-0.1, -0.05) is 11.6 Å². The van der Waals surface area contributed by atoms with Crippen LogP contribution in [0.4, 0.5) is 5.69 Å². The molecule has 0 fully saturated rings. The molecular formula is C10H12ClNO3. The summed E-state index contributed by atoms with van der Waals surface area (Å²) in [6.07, 6.45) is 0. The topological polar surface area (TPSA) is 61.5 Å². The summed E-state index contributed by atoms with van der Waals surface area (Å²) in [5, 5.41) is 0.344. The monoisotopic (exact) mass is 229 g/mol. The first-order valence-electron chi connectivity index (χ1n) is 4.36. The van der Waals surface area contributed by atoms with Crippen LogP contribution in [0, 0.1) is 0 Å². The molecule has 2 N–H and O–H groups in total. The molecule has 5 heteroatoms. The molecule has 1 aromatic rings. The minimum absolute atomic E-state index is 0.220. The molecule has 0 amide bonds. The molecule has 0 heterocycles. The number of esters is 1. The molecule has 0 aliphatic carbocycles. The highest BCUT2D eigenvalue weighted by Gasteiger charge is 2.08. The van der Waals surface area contributed by atoms with Gasteiger partial charge in [-0.25, -0.2) is 4.79 Å². The average molecular weight is 230 g/mol. The molecule has 0 aliphatic rings. The van der Waals surface area contributed by atoms with Gasteiger partial charge in [0.05, 0.1) is 22.9 Å². The molecule has 1 rings (SSSR count). The van der Waals surface area contributed by atoms with Crippen molar-refractivity contribution in [2.45, 2.75) is 0 Å². The number of nitrogens with two attached hydrogens (primary N) is 1. The summed E-state index contributed by atoms with van der Waals surface area (Å²) in [6, 6.07) is 4.61. The van der Waals surface area contributed by atoms with E-state index in [9.17, 15) is 4.79 Å². The third kappa shape index (κ3) is 3.42. The number of ether oxygens (including phenoxy) is 2. The van der Waals surface area contributed by atoms with E-state index in [4.69, 9.17) is 26.8 Å². The highest BCUT2D eigenvalue weighted by molar-refractivity contribution is 6.33. The number of benzene rings is 1. The fraction of sp³-hybridized carbons (Fsp3) is 0.300. The van der Waals surface area contributed by atoms with E-state index >= 15 is 0 Å². The number of carbonyl (C=O) groups excluding carboxylic acids is 1. The van der Waals surface area contributed by atoms with E-state index in [0.29, 0.717) is 22.9 Å². The van der Waals surface area contributed by atoms with Gasteiger partial charge in [-0.05, 0) is 18.2 Å². The Morgan fingerprint density at radius 1 is 1.47 bits per heavy atom. The quantitative estimate of drug-likeness (QED) is 0.485. The lowest BCUT2D eigenvalue weighted by Gasteiger charge is -2.05. The molecule has 0 aliphatic heterocycles. The molecule has 0 spiro atoms. The normalized spacial score (nSPS) is 10.0. The SMILES string of the molecule is COCCOC(=O)c1ccc(N)c(Cl)c1. The van der Waals surface area contributed by atoms with Crippen LogP contribution in [0.2, 0.25) is 5.02 Å². The van der Waals surface area contributed by atoms with Crippen LogP contribution in [0.25, 0.3) is 0 Å². The number of anilines is 1. The zero-order chi connectivity index (χ0) is 11.3. The van der Waals surface area contributed by atoms with Crippen molar-refractivity contribution in [1.82, 2.24) is 0 Å². The zero-order valence-corrected chi connectivity index (χ0v) is 9.08. The van der Waals surface area contributed by atoms with Gasteiger partial charge >= 0.3 is 5.97 Å². The third-order valence-corrected chi connectivity index (χ3v) is 2.08. The predicted molar refractivity (Wildman–Crippen MR) is 58.0 cm³/mol. The van der Waals surface area contributed by atoms with Crippen molar-refractivity contribution in [1.29, 1.82) is 0 Å². The predicted octanol–water partition coefficient (Wildman–Crippen LogP) is 1.73. The fourth-order valence-corrected chi connectivity index (χ4v) is 1.14. The first kappa shape index (κ1) is 11.8. The molecule has 15 heavy (non-hydrogen) atoms. The van der Waals surface area contributed by atoms with Gasteiger partial charge in [0.15, 0.2) is 0 Å². The van der Waals surface area contributed by atoms with Crippen LogP contribution in [0.15, 0.2) is 18.2 Å². The second-order valence-electron chi connectivity index (χ2n) is 2.87. The molecule has 0 radical (unpaired) electrons. The van der Waals surface area contributed by atoms with Crippen LogP contribution in [-0.2, 0) is 9.47 Å². The maximum absolute atomic E-state index is 11.4. The van der Waals surface area contributed by atoms with Crippen molar-refractivity contribution in [3.05, 3.63) is 28.8 Å². The molecule has 0 bridgehead atoms. The van der Waals surface area contributed by atoms with Gasteiger partial charge in [0.2, 0.25) is 0 Å². The van der Waals surface area contributed by atoms with Crippen LogP contribution in [0.1, 0.15) is 10.4 Å². The van der Waals surface area contributed by atoms with E-state index in [1.807, 2.05) is 0 Å². The second kappa shape index (κ2) is 5.58. The number of halogens is 1. The number of carbonyl (C=O) groups is 1. The lowest BCUT2D eigenvalue weighted by molar-refractivity contribution is 0.0388. The molecule has 0 unspecified atom stereocenters. The first-order valence-corrected chi connectivity index (χ1v) is 4.74. The lowest BCUT2D eigenvalue weighted by atomic mass is 10.2. The Hall–Kier alpha value is -1.26. The van der Waals surface area contributed by atoms with Crippen molar-refractivity contribution in [3.8, 4) is 0 Å². The third-order valence-electron chi connectivity index (χ3n) is 1.76. The van der Waals surface area contributed by atoms with E-state index in [1.165, 1.54) is 13.2 Å². The van der Waals surface area contributed by atoms with Gasteiger partial charge in [-0.15, -0.1) is 0 Å². The maximum Gasteiger partial charge on any atom is 0.338 e. The van der Waals surface area contributed by atoms with Gasteiger partial charge in [0, 0.05) is 7.11 Å². The van der Waals surface area contributed by atoms with E-state index in [0.717, 1.165) is 0 Å². The highest BCUT2D eigenvalue weighted by Crippen LogP contribution is 2.19. The summed E-state index contributed by atoms with van der Waals surface area (Å²) in [5.41, 5.74) is 6.32. The van der Waals surface area contributed by atoms with Crippen LogP contribution < -0.4 is 5.73 Å². The summed E-state index contributed by atoms with van der Waals surface area (Å²) in [5.74, 6) is -0.436. The van der Waals surface area contributed by atoms with E-state index in [2.05, 4.69) is 0 Å². The Balaban J connectivity index is 2.62. The molecule has 1 aromatic carbocycles. The molecule has 0 saturated carbocycles. The number of hydrogen-bond acceptors (Lipinski definition) is 4. The number of hydrogen-bond donors (Lipinski definition) is 1. The van der Waals surface area contributed by atoms with Crippen LogP contribution in [0.5, 0.6) is 0 Å². The Morgan fingerprint density at radius 2 is 2.20 bits per heavy atom. The summed E-state index contributed by atoms with van der Waals surface area (Å²) in [4.78, 5) is 11.4. The van der Waals surface area contributed by atoms with E-state index in [-0.39, 0.29) is 6.61 Å². The molecule has 0 atom stereocenters. The van der Waals surface area contributed by atoms with Gasteiger partial charge in [0.1, 0.15) is 6.61 Å². The van der Waals surface area contributed by atoms with Crippen molar-refractivity contribution in [2.24, 2.45) is 0 Å². The summed E-state index contributed by atoms with van der Waals surface area (Å²) in [7, 11) is 1.54. The smallest absolute Gasteiger partial charge is 0.338 e. The summed E-state index contributed by atoms with van der Waals surface area (Å²) in [6.45, 7) is 0.589. The van der Waals surface area contributed by atoms with Gasteiger partial charge in [0.25, 0.3) is 0 Å². The van der Waals surface area contributed by atoms with Crippen molar-refractivity contribution in [3.63, 3.8) is 0 Å². The van der Waals surface area contributed by atoms with E-state index < -0.39 is 5.97 Å². The van der Waals surface area contributed by atoms with Crippen molar-refractivity contribution >= 4 is 23.3 Å². The number of rotatable bonds is 4. The molecule has 0 saturated heterocycles. The molecule has 0 aromatic heterocycles. The molecular weight excluding hydrogens is 218 g/mol. The highest BCUT2D eigenvalue weighted by atomic mass is 35.5. The summed E-state index contributed by atoms with van der Waals surface area (Å²) < 4.78 is 9.65. The van der Waals surface area contributed by atoms with Gasteiger partial charge < -0.3 is 15.2 Å². The maximum atomic E-state index is 11.4. The molecule has 4 nitrogen and oxygen atoms in total. The Bertz CT molecular complexity index is 355. The average Bonchev–Trinajstić information content (AvgIpc) is 2.22. The van der Waals surface area contributed by atoms with Crippen LogP contribution in [-0.4, -0.2) is 26.3 Å². The molecule has 82 valence electrons. The zero-order valence-electron chi connectivity index (χ0n) is 8.33. The fourth-order valence-electron chi connectivity index (χ4n) is 0.955. The van der Waals surface area contributed by atoms with Crippen LogP contribution in [0.3, 0.4) is 0 Å². The van der Waals surface area contributed by atoms with Crippen molar-refractivity contribution < 1.29 is 14.3 Å². The minimum atomic E-state index is -0.436. The Morgan fingerprint density at radius 3 is 2.80 bits per heavy atom. The summed E-state index contributed by atoms with van der Waals surface area (Å²) >= 11 is 5.76. The number of methoxy groups -OCH3 is 1. The Kier molecular flexibility index (Phi) is 4.39. The lowest BCUT2D eigenvalue weighted by Crippen LogP contribution is -2.10. The standard InChI is InChI=1S/C10H12ClNO3/c1-14-4-5-15-10(13)7-2-3-9(12)8(11)6-7/h2-3,6H,4-5,12H2,1H3. The second-order valence-corrected chi connectivity index (χ2v) is 3.27. The van der Waals surface area contributed by atoms with Crippen molar-refractivity contribution in [2.75, 3.05) is 26.1 Å². The largest absolute Gasteiger partial charge is 0.460 e. The van der Waals surface area contributed by atoms with Gasteiger partial charge in [-0.2, -0.15) is 0 Å². The number of nitrogen functional groups attached to an aromatic ring is 1. The van der Waals surface area contributed by atoms with E-state index in [1.54, 1.807) is 12.1 Å². The van der Waals surface area contributed by atoms with Crippen LogP contribution >= 0.6 is 11.6 Å². The Labute approximate surface area is 92.9 Å². The minimum Gasteiger partial charge on any atom is -0.460 e.